The van der Waals surface area contributed by atoms with E-state index in [0.29, 0.717) is 21.5 Å². The van der Waals surface area contributed by atoms with E-state index >= 15 is 0 Å². The predicted molar refractivity (Wildman–Crippen MR) is 112 cm³/mol. The molecule has 2 aromatic carbocycles. The zero-order valence-electron chi connectivity index (χ0n) is 16.2. The van der Waals surface area contributed by atoms with E-state index in [2.05, 4.69) is 10.1 Å². The number of fused-ring (bicyclic) bond motifs is 1. The maximum atomic E-state index is 13.4. The average Bonchev–Trinajstić information content (AvgIpc) is 3.06. The zero-order chi connectivity index (χ0) is 20.7. The van der Waals surface area contributed by atoms with E-state index in [1.165, 1.54) is 23.5 Å². The fourth-order valence-corrected chi connectivity index (χ4v) is 4.24. The van der Waals surface area contributed by atoms with Crippen molar-refractivity contribution in [3.05, 3.63) is 80.3 Å². The molecule has 2 aromatic heterocycles. The summed E-state index contributed by atoms with van der Waals surface area (Å²) in [6.07, 6.45) is 0. The summed E-state index contributed by atoms with van der Waals surface area (Å²) in [5, 5.41) is 5.18. The monoisotopic (exact) mass is 407 g/mol. The molecule has 0 fully saturated rings. The van der Waals surface area contributed by atoms with Gasteiger partial charge in [-0.2, -0.15) is 5.10 Å². The van der Waals surface area contributed by atoms with Gasteiger partial charge >= 0.3 is 0 Å². The summed E-state index contributed by atoms with van der Waals surface area (Å²) >= 11 is 1.35. The summed E-state index contributed by atoms with van der Waals surface area (Å²) in [7, 11) is 0. The van der Waals surface area contributed by atoms with E-state index < -0.39 is 5.56 Å². The topological polar surface area (TPSA) is 64.8 Å². The summed E-state index contributed by atoms with van der Waals surface area (Å²) < 4.78 is 15.1. The Balaban J connectivity index is 1.84. The molecule has 7 heteroatoms. The minimum Gasteiger partial charge on any atom is -0.292 e. The van der Waals surface area contributed by atoms with Gasteiger partial charge in [0.05, 0.1) is 9.71 Å². The quantitative estimate of drug-likeness (QED) is 0.468. The van der Waals surface area contributed by atoms with Crippen molar-refractivity contribution in [2.45, 2.75) is 27.3 Å². The summed E-state index contributed by atoms with van der Waals surface area (Å²) in [6, 6.07) is 11.5. The zero-order valence-corrected chi connectivity index (χ0v) is 17.0. The molecule has 0 N–H and O–H groups in total. The van der Waals surface area contributed by atoms with Crippen LogP contribution in [0.1, 0.15) is 26.5 Å². The highest BCUT2D eigenvalue weighted by molar-refractivity contribution is 7.19. The number of nitrogens with zero attached hydrogens (tertiary/aromatic N) is 3. The van der Waals surface area contributed by atoms with Gasteiger partial charge in [0.1, 0.15) is 18.1 Å². The molecule has 4 rings (SSSR count). The van der Waals surface area contributed by atoms with Gasteiger partial charge in [-0.25, -0.2) is 14.1 Å². The fourth-order valence-electron chi connectivity index (χ4n) is 3.32. The van der Waals surface area contributed by atoms with Crippen LogP contribution in [0.4, 0.5) is 4.39 Å². The Hall–Kier alpha value is -3.19. The first-order valence-electron chi connectivity index (χ1n) is 9.08. The van der Waals surface area contributed by atoms with Gasteiger partial charge in [-0.05, 0) is 50.6 Å². The van der Waals surface area contributed by atoms with Gasteiger partial charge in [-0.15, -0.1) is 11.3 Å². The van der Waals surface area contributed by atoms with E-state index in [9.17, 15) is 14.0 Å². The molecule has 29 heavy (non-hydrogen) atoms. The number of ketones is 1. The molecule has 0 saturated heterocycles. The first-order chi connectivity index (χ1) is 13.8. The van der Waals surface area contributed by atoms with Crippen LogP contribution in [0, 0.1) is 26.6 Å². The number of hydrogen-bond donors (Lipinski definition) is 0. The Labute approximate surface area is 170 Å². The standard InChI is InChI=1S/C22H18FN3O2S/c1-12-4-9-17(13(2)10-12)18(27)11-26-22(28)20-21(29-14(3)24-20)19(25-26)15-5-7-16(23)8-6-15/h4-10H,11H2,1-3H3. The van der Waals surface area contributed by atoms with Crippen LogP contribution >= 0.6 is 11.3 Å². The van der Waals surface area contributed by atoms with Crippen LogP contribution in [0.3, 0.4) is 0 Å². The van der Waals surface area contributed by atoms with Gasteiger partial charge in [-0.1, -0.05) is 23.8 Å². The number of aromatic nitrogens is 3. The van der Waals surface area contributed by atoms with E-state index in [0.717, 1.165) is 20.8 Å². The second kappa shape index (κ2) is 7.33. The summed E-state index contributed by atoms with van der Waals surface area (Å²) in [4.78, 5) is 30.1. The average molecular weight is 407 g/mol. The normalized spacial score (nSPS) is 11.2. The van der Waals surface area contributed by atoms with Crippen LogP contribution in [0.5, 0.6) is 0 Å². The lowest BCUT2D eigenvalue weighted by Crippen LogP contribution is -2.27. The molecule has 0 aliphatic rings. The van der Waals surface area contributed by atoms with Gasteiger partial charge in [-0.3, -0.25) is 9.59 Å². The highest BCUT2D eigenvalue weighted by Crippen LogP contribution is 2.29. The Kier molecular flexibility index (Phi) is 4.84. The Morgan fingerprint density at radius 1 is 1.10 bits per heavy atom. The fraction of sp³-hybridized carbons (Fsp3) is 0.182. The third-order valence-corrected chi connectivity index (χ3v) is 5.68. The highest BCUT2D eigenvalue weighted by atomic mass is 32.1. The maximum Gasteiger partial charge on any atom is 0.294 e. The Morgan fingerprint density at radius 2 is 1.83 bits per heavy atom. The molecular formula is C22H18FN3O2S. The van der Waals surface area contributed by atoms with Crippen LogP contribution in [-0.4, -0.2) is 20.5 Å². The Bertz CT molecular complexity index is 1310. The second-order valence-corrected chi connectivity index (χ2v) is 8.17. The van der Waals surface area contributed by atoms with Crippen LogP contribution in [0.2, 0.25) is 0 Å². The molecule has 0 radical (unpaired) electrons. The lowest BCUT2D eigenvalue weighted by Gasteiger charge is -2.10. The highest BCUT2D eigenvalue weighted by Gasteiger charge is 2.19. The summed E-state index contributed by atoms with van der Waals surface area (Å²) in [6.45, 7) is 5.45. The third kappa shape index (κ3) is 3.61. The van der Waals surface area contributed by atoms with Crippen LogP contribution in [0.15, 0.2) is 47.3 Å². The molecule has 4 aromatic rings. The SMILES string of the molecule is Cc1ccc(C(=O)Cn2nc(-c3ccc(F)cc3)c3sc(C)nc3c2=O)c(C)c1. The van der Waals surface area contributed by atoms with Gasteiger partial charge in [0.2, 0.25) is 0 Å². The molecule has 5 nitrogen and oxygen atoms in total. The molecule has 0 unspecified atom stereocenters. The first-order valence-corrected chi connectivity index (χ1v) is 9.90. The van der Waals surface area contributed by atoms with Gasteiger partial charge in [0, 0.05) is 11.1 Å². The number of benzene rings is 2. The number of halogens is 1. The molecule has 0 aliphatic heterocycles. The van der Waals surface area contributed by atoms with E-state index in [-0.39, 0.29) is 23.7 Å². The van der Waals surface area contributed by atoms with E-state index in [1.54, 1.807) is 18.2 Å². The van der Waals surface area contributed by atoms with Crippen molar-refractivity contribution in [3.8, 4) is 11.3 Å². The molecule has 0 spiro atoms. The lowest BCUT2D eigenvalue weighted by molar-refractivity contribution is 0.0965. The summed E-state index contributed by atoms with van der Waals surface area (Å²) in [5.41, 5.74) is 3.51. The van der Waals surface area contributed by atoms with Crippen LogP contribution in [-0.2, 0) is 6.54 Å². The first kappa shape index (κ1) is 19.1. The number of thiazole rings is 1. The summed E-state index contributed by atoms with van der Waals surface area (Å²) in [5.74, 6) is -0.558. The van der Waals surface area contributed by atoms with Crippen LogP contribution in [0.25, 0.3) is 21.5 Å². The number of hydrogen-bond acceptors (Lipinski definition) is 5. The van der Waals surface area contributed by atoms with Gasteiger partial charge in [0.25, 0.3) is 5.56 Å². The maximum absolute atomic E-state index is 13.4. The molecule has 0 atom stereocenters. The van der Waals surface area contributed by atoms with E-state index in [1.807, 2.05) is 32.9 Å². The number of carbonyl (C=O) groups is 1. The minimum atomic E-state index is -0.409. The van der Waals surface area contributed by atoms with Gasteiger partial charge < -0.3 is 0 Å². The van der Waals surface area contributed by atoms with Crippen molar-refractivity contribution >= 4 is 27.3 Å². The molecule has 0 saturated carbocycles. The van der Waals surface area contributed by atoms with Crippen molar-refractivity contribution in [3.63, 3.8) is 0 Å². The van der Waals surface area contributed by atoms with Crippen molar-refractivity contribution in [1.29, 1.82) is 0 Å². The largest absolute Gasteiger partial charge is 0.294 e. The van der Waals surface area contributed by atoms with Crippen molar-refractivity contribution < 1.29 is 9.18 Å². The van der Waals surface area contributed by atoms with E-state index in [4.69, 9.17) is 0 Å². The number of carbonyl (C=O) groups excluding carboxylic acids is 1. The second-order valence-electron chi connectivity index (χ2n) is 6.97. The number of aryl methyl sites for hydroxylation is 3. The molecular weight excluding hydrogens is 389 g/mol. The molecule has 146 valence electrons. The van der Waals surface area contributed by atoms with Crippen molar-refractivity contribution in [2.75, 3.05) is 0 Å². The Morgan fingerprint density at radius 3 is 2.52 bits per heavy atom. The van der Waals surface area contributed by atoms with Gasteiger partial charge in [0.15, 0.2) is 11.3 Å². The van der Waals surface area contributed by atoms with Crippen LogP contribution < -0.4 is 5.56 Å². The smallest absolute Gasteiger partial charge is 0.292 e. The third-order valence-electron chi connectivity index (χ3n) is 4.70. The predicted octanol–water partition coefficient (Wildman–Crippen LogP) is 4.47. The molecule has 2 heterocycles. The molecule has 0 amide bonds. The van der Waals surface area contributed by atoms with Crippen molar-refractivity contribution in [1.82, 2.24) is 14.8 Å². The molecule has 0 bridgehead atoms. The minimum absolute atomic E-state index is 0.191. The molecule has 0 aliphatic carbocycles. The van der Waals surface area contributed by atoms with Crippen molar-refractivity contribution in [2.24, 2.45) is 0 Å². The number of rotatable bonds is 4. The lowest BCUT2D eigenvalue weighted by atomic mass is 10.0. The number of Topliss-reactive ketones (excluding diaryl/α,β-unsaturated/α-hetero) is 1.